The topological polar surface area (TPSA) is 194 Å². The second-order valence-electron chi connectivity index (χ2n) is 7.60. The Kier molecular flexibility index (Phi) is 10.9. The fourth-order valence-corrected chi connectivity index (χ4v) is 3.12. The molecule has 0 aromatic carbocycles. The first-order valence-electron chi connectivity index (χ1n) is 10.3. The van der Waals surface area contributed by atoms with E-state index in [0.717, 1.165) is 6.42 Å². The maximum absolute atomic E-state index is 12.8. The molecule has 0 saturated carbocycles. The molecule has 12 nitrogen and oxygen atoms in total. The second-order valence-corrected chi connectivity index (χ2v) is 7.60. The van der Waals surface area contributed by atoms with Gasteiger partial charge in [-0.3, -0.25) is 19.2 Å². The minimum Gasteiger partial charge on any atom is -0.481 e. The van der Waals surface area contributed by atoms with Gasteiger partial charge in [-0.1, -0.05) is 20.3 Å². The Labute approximate surface area is 180 Å². The molecule has 31 heavy (non-hydrogen) atoms. The van der Waals surface area contributed by atoms with Crippen LogP contribution in [0.5, 0.6) is 0 Å². The zero-order valence-electron chi connectivity index (χ0n) is 17.7. The highest BCUT2D eigenvalue weighted by Crippen LogP contribution is 2.11. The Bertz CT molecular complexity index is 665. The lowest BCUT2D eigenvalue weighted by atomic mass is 9.97. The Hall–Kier alpha value is -2.73. The van der Waals surface area contributed by atoms with Crippen LogP contribution in [-0.4, -0.2) is 82.3 Å². The normalized spacial score (nSPS) is 19.5. The number of rotatable bonds is 13. The molecular weight excluding hydrogens is 412 g/mol. The lowest BCUT2D eigenvalue weighted by molar-refractivity contribution is -0.143. The Morgan fingerprint density at radius 3 is 2.19 bits per heavy atom. The van der Waals surface area contributed by atoms with E-state index in [2.05, 4.69) is 21.3 Å². The van der Waals surface area contributed by atoms with Gasteiger partial charge < -0.3 is 36.6 Å². The monoisotopic (exact) mass is 444 g/mol. The van der Waals surface area contributed by atoms with Crippen molar-refractivity contribution >= 4 is 29.7 Å². The van der Waals surface area contributed by atoms with Gasteiger partial charge in [0.1, 0.15) is 18.1 Å². The summed E-state index contributed by atoms with van der Waals surface area (Å²) >= 11 is 0. The molecule has 1 aliphatic heterocycles. The van der Waals surface area contributed by atoms with Crippen LogP contribution in [0.3, 0.4) is 0 Å². The Balaban J connectivity index is 2.93. The lowest BCUT2D eigenvalue weighted by Crippen LogP contribution is -2.59. The minimum atomic E-state index is -1.54. The summed E-state index contributed by atoms with van der Waals surface area (Å²) in [6.07, 6.45) is 1.31. The van der Waals surface area contributed by atoms with Crippen LogP contribution in [-0.2, 0) is 24.0 Å². The van der Waals surface area contributed by atoms with Gasteiger partial charge in [-0.2, -0.15) is 0 Å². The van der Waals surface area contributed by atoms with E-state index >= 15 is 0 Å². The molecule has 1 saturated heterocycles. The summed E-state index contributed by atoms with van der Waals surface area (Å²) in [5.41, 5.74) is 0. The van der Waals surface area contributed by atoms with Gasteiger partial charge in [0.15, 0.2) is 0 Å². The van der Waals surface area contributed by atoms with Crippen LogP contribution >= 0.6 is 0 Å². The molecule has 1 fully saturated rings. The first-order chi connectivity index (χ1) is 14.6. The molecule has 0 radical (unpaired) electrons. The van der Waals surface area contributed by atoms with Crippen LogP contribution in [0.15, 0.2) is 0 Å². The third-order valence-electron chi connectivity index (χ3n) is 5.25. The lowest BCUT2D eigenvalue weighted by Gasteiger charge is -2.27. The second kappa shape index (κ2) is 12.8. The molecule has 5 atom stereocenters. The SMILES string of the molecule is CCC(C)C(NC(=O)C(CCC(=O)O)NC(=O)C1CCCN1)C(=O)NC(CO)C(=O)O. The highest BCUT2D eigenvalue weighted by Gasteiger charge is 2.33. The predicted molar refractivity (Wildman–Crippen MR) is 108 cm³/mol. The van der Waals surface area contributed by atoms with Crippen molar-refractivity contribution in [3.05, 3.63) is 0 Å². The fourth-order valence-electron chi connectivity index (χ4n) is 3.12. The van der Waals surface area contributed by atoms with E-state index < -0.39 is 66.4 Å². The van der Waals surface area contributed by atoms with Gasteiger partial charge >= 0.3 is 11.9 Å². The van der Waals surface area contributed by atoms with E-state index in [1.165, 1.54) is 0 Å². The van der Waals surface area contributed by atoms with Crippen molar-refractivity contribution in [3.63, 3.8) is 0 Å². The number of carbonyl (C=O) groups excluding carboxylic acids is 3. The first-order valence-corrected chi connectivity index (χ1v) is 10.3. The molecule has 1 heterocycles. The van der Waals surface area contributed by atoms with Gasteiger partial charge in [0.25, 0.3) is 0 Å². The molecule has 176 valence electrons. The summed E-state index contributed by atoms with van der Waals surface area (Å²) in [5, 5.41) is 37.3. The summed E-state index contributed by atoms with van der Waals surface area (Å²) in [7, 11) is 0. The van der Waals surface area contributed by atoms with E-state index in [9.17, 15) is 24.0 Å². The molecule has 0 aliphatic carbocycles. The van der Waals surface area contributed by atoms with E-state index in [1.807, 2.05) is 0 Å². The maximum atomic E-state index is 12.8. The average Bonchev–Trinajstić information content (AvgIpc) is 3.26. The van der Waals surface area contributed by atoms with E-state index in [4.69, 9.17) is 15.3 Å². The van der Waals surface area contributed by atoms with Crippen LogP contribution < -0.4 is 21.3 Å². The molecule has 0 spiro atoms. The summed E-state index contributed by atoms with van der Waals surface area (Å²) in [4.78, 5) is 59.9. The number of nitrogens with one attached hydrogen (secondary N) is 4. The third-order valence-corrected chi connectivity index (χ3v) is 5.25. The highest BCUT2D eigenvalue weighted by molar-refractivity contribution is 5.94. The molecule has 5 unspecified atom stereocenters. The molecular formula is C19H32N4O8. The third kappa shape index (κ3) is 8.50. The quantitative estimate of drug-likeness (QED) is 0.171. The summed E-state index contributed by atoms with van der Waals surface area (Å²) < 4.78 is 0. The average molecular weight is 444 g/mol. The maximum Gasteiger partial charge on any atom is 0.328 e. The van der Waals surface area contributed by atoms with Crippen molar-refractivity contribution < 1.29 is 39.3 Å². The molecule has 0 aromatic heterocycles. The van der Waals surface area contributed by atoms with Crippen molar-refractivity contribution in [2.24, 2.45) is 5.92 Å². The fraction of sp³-hybridized carbons (Fsp3) is 0.737. The largest absolute Gasteiger partial charge is 0.481 e. The van der Waals surface area contributed by atoms with Crippen LogP contribution in [0.25, 0.3) is 0 Å². The molecule has 12 heteroatoms. The van der Waals surface area contributed by atoms with Crippen molar-refractivity contribution in [3.8, 4) is 0 Å². The molecule has 0 aromatic rings. The number of carboxylic acids is 2. The number of aliphatic hydroxyl groups is 1. The van der Waals surface area contributed by atoms with Crippen LogP contribution in [0.2, 0.25) is 0 Å². The molecule has 0 bridgehead atoms. The van der Waals surface area contributed by atoms with Gasteiger partial charge in [0.05, 0.1) is 12.6 Å². The molecule has 7 N–H and O–H groups in total. The van der Waals surface area contributed by atoms with Crippen molar-refractivity contribution in [2.45, 2.75) is 70.1 Å². The number of carboxylic acid groups (broad SMARTS) is 2. The van der Waals surface area contributed by atoms with Crippen LogP contribution in [0, 0.1) is 5.92 Å². The van der Waals surface area contributed by atoms with Crippen LogP contribution in [0.1, 0.15) is 46.0 Å². The summed E-state index contributed by atoms with van der Waals surface area (Å²) in [5.74, 6) is -4.95. The number of carbonyl (C=O) groups is 5. The number of hydrogen-bond donors (Lipinski definition) is 7. The van der Waals surface area contributed by atoms with Gasteiger partial charge in [-0.05, 0) is 31.7 Å². The van der Waals surface area contributed by atoms with Gasteiger partial charge in [-0.25, -0.2) is 4.79 Å². The first kappa shape index (κ1) is 26.3. The minimum absolute atomic E-state index is 0.178. The number of aliphatic carboxylic acids is 2. The molecule has 3 amide bonds. The van der Waals surface area contributed by atoms with Gasteiger partial charge in [0.2, 0.25) is 17.7 Å². The zero-order valence-corrected chi connectivity index (χ0v) is 17.7. The summed E-state index contributed by atoms with van der Waals surface area (Å²) in [6, 6.07) is -4.33. The predicted octanol–water partition coefficient (Wildman–Crippen LogP) is -1.82. The standard InChI is InChI=1S/C19H32N4O8/c1-3-10(2)15(18(29)22-13(9-24)19(30)31)23-17(28)12(6-7-14(25)26)21-16(27)11-5-4-8-20-11/h10-13,15,20,24H,3-9H2,1-2H3,(H,21,27)(H,22,29)(H,23,28)(H,25,26)(H,30,31). The molecule has 1 aliphatic rings. The summed E-state index contributed by atoms with van der Waals surface area (Å²) in [6.45, 7) is 3.28. The van der Waals surface area contributed by atoms with Crippen molar-refractivity contribution in [1.29, 1.82) is 0 Å². The highest BCUT2D eigenvalue weighted by atomic mass is 16.4. The van der Waals surface area contributed by atoms with Crippen molar-refractivity contribution in [1.82, 2.24) is 21.3 Å². The smallest absolute Gasteiger partial charge is 0.328 e. The Morgan fingerprint density at radius 2 is 1.71 bits per heavy atom. The van der Waals surface area contributed by atoms with Crippen LogP contribution in [0.4, 0.5) is 0 Å². The number of amides is 3. The van der Waals surface area contributed by atoms with E-state index in [0.29, 0.717) is 19.4 Å². The number of hydrogen-bond acceptors (Lipinski definition) is 7. The van der Waals surface area contributed by atoms with E-state index in [1.54, 1.807) is 13.8 Å². The van der Waals surface area contributed by atoms with Gasteiger partial charge in [0, 0.05) is 6.42 Å². The van der Waals surface area contributed by atoms with E-state index in [-0.39, 0.29) is 12.8 Å². The van der Waals surface area contributed by atoms with Crippen molar-refractivity contribution in [2.75, 3.05) is 13.2 Å². The number of aliphatic hydroxyl groups excluding tert-OH is 1. The molecule has 1 rings (SSSR count). The van der Waals surface area contributed by atoms with Gasteiger partial charge in [-0.15, -0.1) is 0 Å². The zero-order chi connectivity index (χ0) is 23.6. The Morgan fingerprint density at radius 1 is 1.03 bits per heavy atom.